The van der Waals surface area contributed by atoms with E-state index in [2.05, 4.69) is 43.0 Å². The molecule has 0 amide bonds. The van der Waals surface area contributed by atoms with Crippen LogP contribution in [0.15, 0.2) is 30.3 Å². The highest BCUT2D eigenvalue weighted by atomic mass is 32.1. The van der Waals surface area contributed by atoms with E-state index in [1.807, 2.05) is 0 Å². The lowest BCUT2D eigenvalue weighted by molar-refractivity contribution is 0.591. The lowest BCUT2D eigenvalue weighted by atomic mass is 10.0. The molecule has 16 heavy (non-hydrogen) atoms. The third-order valence-electron chi connectivity index (χ3n) is 2.97. The fraction of sp³-hybridized carbons (Fsp3) is 0.600. The van der Waals surface area contributed by atoms with Gasteiger partial charge in [0.05, 0.1) is 0 Å². The third kappa shape index (κ3) is 6.95. The zero-order valence-corrected chi connectivity index (χ0v) is 11.1. The largest absolute Gasteiger partial charge is 0.179 e. The first-order valence-electron chi connectivity index (χ1n) is 6.58. The van der Waals surface area contributed by atoms with Crippen LogP contribution in [0.2, 0.25) is 0 Å². The zero-order valence-electron chi connectivity index (χ0n) is 10.2. The Morgan fingerprint density at radius 1 is 0.688 bits per heavy atom. The summed E-state index contributed by atoms with van der Waals surface area (Å²) in [5.74, 6) is 1.05. The number of benzene rings is 1. The molecule has 0 spiro atoms. The maximum absolute atomic E-state index is 4.22. The van der Waals surface area contributed by atoms with E-state index < -0.39 is 0 Å². The second kappa shape index (κ2) is 9.77. The molecule has 0 N–H and O–H groups in total. The molecular formula is C15H24S. The lowest BCUT2D eigenvalue weighted by Gasteiger charge is -2.02. The predicted octanol–water partition coefficient (Wildman–Crippen LogP) is 4.89. The number of hydrogen-bond acceptors (Lipinski definition) is 1. The molecule has 1 rings (SSSR count). The van der Waals surface area contributed by atoms with Crippen molar-refractivity contribution in [2.45, 2.75) is 51.4 Å². The van der Waals surface area contributed by atoms with Crippen molar-refractivity contribution in [3.05, 3.63) is 35.9 Å². The Labute approximate surface area is 106 Å². The number of thiol groups is 1. The first-order valence-corrected chi connectivity index (χ1v) is 7.21. The van der Waals surface area contributed by atoms with Gasteiger partial charge in [0, 0.05) is 0 Å². The van der Waals surface area contributed by atoms with Crippen LogP contribution in [0.1, 0.15) is 50.5 Å². The molecule has 0 atom stereocenters. The van der Waals surface area contributed by atoms with Crippen LogP contribution in [0.25, 0.3) is 0 Å². The molecule has 1 aromatic rings. The summed E-state index contributed by atoms with van der Waals surface area (Å²) in [4.78, 5) is 0. The molecule has 1 aromatic carbocycles. The van der Waals surface area contributed by atoms with E-state index in [1.54, 1.807) is 0 Å². The maximum Gasteiger partial charge on any atom is -0.00979 e. The zero-order chi connectivity index (χ0) is 11.5. The quantitative estimate of drug-likeness (QED) is 0.458. The van der Waals surface area contributed by atoms with E-state index in [-0.39, 0.29) is 0 Å². The molecule has 0 saturated carbocycles. The van der Waals surface area contributed by atoms with Gasteiger partial charge in [0.1, 0.15) is 0 Å². The van der Waals surface area contributed by atoms with Crippen LogP contribution in [-0.4, -0.2) is 5.75 Å². The van der Waals surface area contributed by atoms with E-state index in [0.717, 1.165) is 5.75 Å². The summed E-state index contributed by atoms with van der Waals surface area (Å²) in [5, 5.41) is 0. The van der Waals surface area contributed by atoms with E-state index in [0.29, 0.717) is 0 Å². The highest BCUT2D eigenvalue weighted by molar-refractivity contribution is 7.80. The summed E-state index contributed by atoms with van der Waals surface area (Å²) in [5.41, 5.74) is 1.48. The van der Waals surface area contributed by atoms with Gasteiger partial charge in [0.25, 0.3) is 0 Å². The van der Waals surface area contributed by atoms with Gasteiger partial charge in [-0.25, -0.2) is 0 Å². The van der Waals surface area contributed by atoms with Crippen molar-refractivity contribution in [2.24, 2.45) is 0 Å². The molecule has 0 saturated heterocycles. The van der Waals surface area contributed by atoms with Crippen LogP contribution < -0.4 is 0 Å². The number of rotatable bonds is 9. The summed E-state index contributed by atoms with van der Waals surface area (Å²) in [6, 6.07) is 10.8. The SMILES string of the molecule is SCCCCCCCCCc1ccccc1. The van der Waals surface area contributed by atoms with Gasteiger partial charge < -0.3 is 0 Å². The summed E-state index contributed by atoms with van der Waals surface area (Å²) in [6.45, 7) is 0. The van der Waals surface area contributed by atoms with Crippen molar-refractivity contribution in [2.75, 3.05) is 5.75 Å². The second-order valence-corrected chi connectivity index (χ2v) is 4.88. The summed E-state index contributed by atoms with van der Waals surface area (Å²) < 4.78 is 0. The molecule has 0 aromatic heterocycles. The Morgan fingerprint density at radius 2 is 1.25 bits per heavy atom. The molecule has 0 fully saturated rings. The average Bonchev–Trinajstić information content (AvgIpc) is 2.34. The molecule has 0 radical (unpaired) electrons. The highest BCUT2D eigenvalue weighted by Gasteiger charge is 1.93. The molecular weight excluding hydrogens is 212 g/mol. The van der Waals surface area contributed by atoms with E-state index in [9.17, 15) is 0 Å². The molecule has 0 aliphatic carbocycles. The highest BCUT2D eigenvalue weighted by Crippen LogP contribution is 2.10. The van der Waals surface area contributed by atoms with Crippen molar-refractivity contribution in [3.8, 4) is 0 Å². The first kappa shape index (κ1) is 13.6. The number of unbranched alkanes of at least 4 members (excludes halogenated alkanes) is 6. The summed E-state index contributed by atoms with van der Waals surface area (Å²) in [7, 11) is 0. The van der Waals surface area contributed by atoms with Gasteiger partial charge in [0.2, 0.25) is 0 Å². The minimum absolute atomic E-state index is 1.05. The van der Waals surface area contributed by atoms with Crippen LogP contribution in [0.5, 0.6) is 0 Å². The Hall–Kier alpha value is -0.430. The molecule has 0 nitrogen and oxygen atoms in total. The molecule has 1 heteroatoms. The van der Waals surface area contributed by atoms with Gasteiger partial charge >= 0.3 is 0 Å². The minimum Gasteiger partial charge on any atom is -0.179 e. The molecule has 0 heterocycles. The Morgan fingerprint density at radius 3 is 1.88 bits per heavy atom. The normalized spacial score (nSPS) is 10.6. The second-order valence-electron chi connectivity index (χ2n) is 4.43. The van der Waals surface area contributed by atoms with Gasteiger partial charge in [-0.3, -0.25) is 0 Å². The maximum atomic E-state index is 4.22. The van der Waals surface area contributed by atoms with Crippen molar-refractivity contribution in [1.82, 2.24) is 0 Å². The van der Waals surface area contributed by atoms with Gasteiger partial charge in [-0.1, -0.05) is 62.4 Å². The van der Waals surface area contributed by atoms with Crippen molar-refractivity contribution in [3.63, 3.8) is 0 Å². The Balaban J connectivity index is 1.89. The van der Waals surface area contributed by atoms with E-state index in [1.165, 1.54) is 56.9 Å². The number of hydrogen-bond donors (Lipinski definition) is 1. The van der Waals surface area contributed by atoms with Gasteiger partial charge in [-0.05, 0) is 30.6 Å². The van der Waals surface area contributed by atoms with Crippen molar-refractivity contribution < 1.29 is 0 Å². The fourth-order valence-corrected chi connectivity index (χ4v) is 2.19. The topological polar surface area (TPSA) is 0 Å². The van der Waals surface area contributed by atoms with Crippen molar-refractivity contribution in [1.29, 1.82) is 0 Å². The van der Waals surface area contributed by atoms with Crippen LogP contribution in [0.3, 0.4) is 0 Å². The Kier molecular flexibility index (Phi) is 8.33. The molecule has 90 valence electrons. The minimum atomic E-state index is 1.05. The summed E-state index contributed by atoms with van der Waals surface area (Å²) >= 11 is 4.22. The van der Waals surface area contributed by atoms with E-state index >= 15 is 0 Å². The monoisotopic (exact) mass is 236 g/mol. The first-order chi connectivity index (χ1) is 7.93. The molecule has 0 unspecified atom stereocenters. The smallest absolute Gasteiger partial charge is 0.00979 e. The van der Waals surface area contributed by atoms with Crippen LogP contribution in [0, 0.1) is 0 Å². The van der Waals surface area contributed by atoms with E-state index in [4.69, 9.17) is 0 Å². The van der Waals surface area contributed by atoms with Crippen LogP contribution in [0.4, 0.5) is 0 Å². The van der Waals surface area contributed by atoms with Gasteiger partial charge in [-0.15, -0.1) is 0 Å². The summed E-state index contributed by atoms with van der Waals surface area (Å²) in [6.07, 6.45) is 10.8. The molecule has 0 aliphatic rings. The predicted molar refractivity (Wildman–Crippen MR) is 76.3 cm³/mol. The lowest BCUT2D eigenvalue weighted by Crippen LogP contribution is -1.86. The van der Waals surface area contributed by atoms with Gasteiger partial charge in [0.15, 0.2) is 0 Å². The third-order valence-corrected chi connectivity index (χ3v) is 3.28. The van der Waals surface area contributed by atoms with Crippen molar-refractivity contribution >= 4 is 12.6 Å². The standard InChI is InChI=1S/C15H24S/c16-14-10-5-3-1-2-4-7-11-15-12-8-6-9-13-15/h6,8-9,12-13,16H,1-5,7,10-11,14H2. The number of aryl methyl sites for hydroxylation is 1. The van der Waals surface area contributed by atoms with Crippen LogP contribution in [-0.2, 0) is 6.42 Å². The average molecular weight is 236 g/mol. The van der Waals surface area contributed by atoms with Gasteiger partial charge in [-0.2, -0.15) is 12.6 Å². The van der Waals surface area contributed by atoms with Crippen LogP contribution >= 0.6 is 12.6 Å². The fourth-order valence-electron chi connectivity index (χ4n) is 1.97. The molecule has 0 bridgehead atoms. The Bertz CT molecular complexity index is 243. The molecule has 0 aliphatic heterocycles.